The largest absolute Gasteiger partial charge is 0.472 e. The normalized spacial score (nSPS) is 14.7. The second-order valence-corrected chi connectivity index (χ2v) is 29.0. The summed E-state index contributed by atoms with van der Waals surface area (Å²) in [6.45, 7) is 2.48. The molecule has 0 aliphatic rings. The molecule has 5 unspecified atom stereocenters. The highest BCUT2D eigenvalue weighted by Gasteiger charge is 2.29. The number of aliphatic hydroxyl groups is 2. The van der Waals surface area contributed by atoms with Crippen LogP contribution in [0.25, 0.3) is 0 Å². The number of hydrogen-bond donors (Lipinski definition) is 4. The van der Waals surface area contributed by atoms with Gasteiger partial charge in [-0.1, -0.05) is 289 Å². The molecule has 0 spiro atoms. The Morgan fingerprint density at radius 3 is 0.832 bits per heavy atom. The van der Waals surface area contributed by atoms with Gasteiger partial charge in [-0.15, -0.1) is 0 Å². The van der Waals surface area contributed by atoms with Crippen molar-refractivity contribution in [1.29, 1.82) is 0 Å². The van der Waals surface area contributed by atoms with Gasteiger partial charge in [0.2, 0.25) is 0 Å². The van der Waals surface area contributed by atoms with Crippen LogP contribution >= 0.6 is 15.6 Å². The zero-order valence-corrected chi connectivity index (χ0v) is 65.1. The second kappa shape index (κ2) is 75.4. The molecule has 4 N–H and O–H groups in total. The van der Waals surface area contributed by atoms with Gasteiger partial charge in [0.15, 0.2) is 6.10 Å². The third-order valence-electron chi connectivity index (χ3n) is 16.3. The lowest BCUT2D eigenvalue weighted by Crippen LogP contribution is -2.30. The van der Waals surface area contributed by atoms with Crippen molar-refractivity contribution in [3.8, 4) is 0 Å². The van der Waals surface area contributed by atoms with Crippen molar-refractivity contribution in [3.05, 3.63) is 134 Å². The van der Waals surface area contributed by atoms with E-state index < -0.39 is 91.5 Å². The number of esters is 3. The van der Waals surface area contributed by atoms with Crippen LogP contribution in [0.4, 0.5) is 0 Å². The van der Waals surface area contributed by atoms with Crippen LogP contribution in [0.2, 0.25) is 0 Å². The van der Waals surface area contributed by atoms with Gasteiger partial charge >= 0.3 is 33.6 Å². The highest BCUT2D eigenvalue weighted by molar-refractivity contribution is 7.47. The standard InChI is InChI=1S/C83H142O16P2/c1-4-7-10-13-16-19-22-25-28-30-32-34-35-36-37-38-39-40-41-43-45-46-49-51-54-57-60-63-66-69-81(86)93-72-78(84)73-95-100(89,90)96-74-79(85)75-97-101(91,92)98-77-80(99-83(88)71-68-65-62-59-56-53-48-27-24-21-18-15-12-9-6-3)76-94-82(87)70-67-64-61-58-55-52-50-47-44-42-33-31-29-26-23-20-17-14-11-8-5-2/h7,10,16-21,25-29,32-34,36-37,42,47-48,50,78-80,84-85H,4-6,8-9,11-15,22-24,30-31,35,38-41,43-46,49,51-77H2,1-3H3,(H,89,90)(H,91,92)/b10-7-,19-16-,20-17-,21-18-,28-25-,29-26-,34-32-,37-36-,42-33-,48-27-,50-47-. The first-order valence-corrected chi connectivity index (χ1v) is 42.5. The number of unbranched alkanes of at least 4 members (excludes halogenated alkanes) is 29. The fourth-order valence-electron chi connectivity index (χ4n) is 10.3. The highest BCUT2D eigenvalue weighted by Crippen LogP contribution is 2.45. The number of allylic oxidation sites excluding steroid dienone is 22. The Bertz CT molecular complexity index is 2370. The summed E-state index contributed by atoms with van der Waals surface area (Å²) in [4.78, 5) is 58.6. The van der Waals surface area contributed by atoms with Crippen LogP contribution in [-0.2, 0) is 55.8 Å². The molecule has 0 aliphatic heterocycles. The number of carbonyl (C=O) groups is 3. The summed E-state index contributed by atoms with van der Waals surface area (Å²) in [5.74, 6) is -1.61. The fourth-order valence-corrected chi connectivity index (χ4v) is 11.9. The summed E-state index contributed by atoms with van der Waals surface area (Å²) < 4.78 is 61.1. The van der Waals surface area contributed by atoms with Crippen LogP contribution in [0.1, 0.15) is 316 Å². The van der Waals surface area contributed by atoms with Crippen molar-refractivity contribution in [1.82, 2.24) is 0 Å². The van der Waals surface area contributed by atoms with Gasteiger partial charge in [-0.05, 0) is 141 Å². The molecule has 0 amide bonds. The minimum absolute atomic E-state index is 0.0818. The van der Waals surface area contributed by atoms with Crippen LogP contribution in [0.5, 0.6) is 0 Å². The van der Waals surface area contributed by atoms with Crippen molar-refractivity contribution in [2.75, 3.05) is 39.6 Å². The molecule has 0 bridgehead atoms. The van der Waals surface area contributed by atoms with Gasteiger partial charge < -0.3 is 34.2 Å². The highest BCUT2D eigenvalue weighted by atomic mass is 31.2. The maximum atomic E-state index is 13.0. The van der Waals surface area contributed by atoms with E-state index in [2.05, 4.69) is 154 Å². The van der Waals surface area contributed by atoms with Crippen LogP contribution in [0.3, 0.4) is 0 Å². The number of carbonyl (C=O) groups excluding carboxylic acids is 3. The lowest BCUT2D eigenvalue weighted by Gasteiger charge is -2.21. The molecule has 0 heterocycles. The van der Waals surface area contributed by atoms with E-state index in [0.29, 0.717) is 19.3 Å². The monoisotopic (exact) mass is 1460 g/mol. The number of aliphatic hydroxyl groups excluding tert-OH is 2. The summed E-state index contributed by atoms with van der Waals surface area (Å²) in [5, 5.41) is 20.6. The molecular weight excluding hydrogens is 1310 g/mol. The average molecular weight is 1460 g/mol. The van der Waals surface area contributed by atoms with Gasteiger partial charge in [0, 0.05) is 19.3 Å². The van der Waals surface area contributed by atoms with Crippen molar-refractivity contribution in [3.63, 3.8) is 0 Å². The summed E-state index contributed by atoms with van der Waals surface area (Å²) >= 11 is 0. The predicted octanol–water partition coefficient (Wildman–Crippen LogP) is 23.1. The number of phosphoric ester groups is 2. The van der Waals surface area contributed by atoms with Crippen LogP contribution in [0.15, 0.2) is 134 Å². The zero-order chi connectivity index (χ0) is 73.7. The van der Waals surface area contributed by atoms with Crippen LogP contribution in [-0.4, -0.2) is 95.9 Å². The summed E-state index contributed by atoms with van der Waals surface area (Å²) in [6, 6.07) is 0. The lowest BCUT2D eigenvalue weighted by atomic mass is 10.0. The molecular formula is C83H142O16P2. The van der Waals surface area contributed by atoms with E-state index in [0.717, 1.165) is 154 Å². The van der Waals surface area contributed by atoms with E-state index in [1.807, 2.05) is 0 Å². The summed E-state index contributed by atoms with van der Waals surface area (Å²) in [5.41, 5.74) is 0. The Morgan fingerprint density at radius 1 is 0.287 bits per heavy atom. The Balaban J connectivity index is 4.55. The molecule has 0 aromatic carbocycles. The van der Waals surface area contributed by atoms with Crippen molar-refractivity contribution in [2.24, 2.45) is 0 Å². The van der Waals surface area contributed by atoms with Crippen molar-refractivity contribution < 1.29 is 75.8 Å². The molecule has 0 aromatic heterocycles. The van der Waals surface area contributed by atoms with Gasteiger partial charge in [-0.3, -0.25) is 32.5 Å². The SMILES string of the molecule is CC/C=C\C/C=C\C/C=C\C/C=C\C/C=C\CCCCCCCCCCCCCCCC(=O)OCC(O)COP(=O)(O)OCC(O)COP(=O)(O)OCC(COC(=O)CCCCCCC/C=C\C/C=C\C/C=C\C/C=C\CCCCC)OC(=O)CCCCCCC/C=C\C/C=C\CCCCC. The van der Waals surface area contributed by atoms with Crippen LogP contribution in [0, 0.1) is 0 Å². The minimum atomic E-state index is -4.94. The van der Waals surface area contributed by atoms with E-state index in [-0.39, 0.29) is 19.3 Å². The smallest absolute Gasteiger partial charge is 0.463 e. The van der Waals surface area contributed by atoms with E-state index in [1.165, 1.54) is 103 Å². The maximum Gasteiger partial charge on any atom is 0.472 e. The number of hydrogen-bond acceptors (Lipinski definition) is 14. The van der Waals surface area contributed by atoms with Crippen LogP contribution < -0.4 is 0 Å². The Hall–Kier alpha value is -4.31. The molecule has 0 fully saturated rings. The summed E-state index contributed by atoms with van der Waals surface area (Å²) in [6.07, 6.45) is 90.7. The molecule has 580 valence electrons. The van der Waals surface area contributed by atoms with E-state index in [4.69, 9.17) is 32.3 Å². The second-order valence-electron chi connectivity index (χ2n) is 26.1. The zero-order valence-electron chi connectivity index (χ0n) is 63.3. The minimum Gasteiger partial charge on any atom is -0.463 e. The molecule has 0 saturated carbocycles. The fraction of sp³-hybridized carbons (Fsp3) is 0.699. The predicted molar refractivity (Wildman–Crippen MR) is 417 cm³/mol. The molecule has 0 rings (SSSR count). The molecule has 0 aromatic rings. The number of phosphoric acid groups is 2. The molecule has 5 atom stereocenters. The van der Waals surface area contributed by atoms with Crippen molar-refractivity contribution >= 4 is 33.6 Å². The first-order valence-electron chi connectivity index (χ1n) is 39.5. The molecule has 0 aliphatic carbocycles. The summed E-state index contributed by atoms with van der Waals surface area (Å²) in [7, 11) is -9.80. The quantitative estimate of drug-likeness (QED) is 0.0146. The Labute approximate surface area is 614 Å². The van der Waals surface area contributed by atoms with E-state index in [9.17, 15) is 43.5 Å². The lowest BCUT2D eigenvalue weighted by molar-refractivity contribution is -0.161. The van der Waals surface area contributed by atoms with E-state index >= 15 is 0 Å². The van der Waals surface area contributed by atoms with Crippen molar-refractivity contribution in [2.45, 2.75) is 334 Å². The van der Waals surface area contributed by atoms with Gasteiger partial charge in [-0.25, -0.2) is 9.13 Å². The van der Waals surface area contributed by atoms with Gasteiger partial charge in [0.25, 0.3) is 0 Å². The molecule has 0 saturated heterocycles. The molecule has 16 nitrogen and oxygen atoms in total. The molecule has 101 heavy (non-hydrogen) atoms. The number of rotatable bonds is 74. The third-order valence-corrected chi connectivity index (χ3v) is 18.2. The Kier molecular flexibility index (Phi) is 72.2. The topological polar surface area (TPSA) is 231 Å². The third kappa shape index (κ3) is 76.6. The van der Waals surface area contributed by atoms with Gasteiger partial charge in [-0.2, -0.15) is 0 Å². The number of ether oxygens (including phenoxy) is 3. The van der Waals surface area contributed by atoms with Gasteiger partial charge in [0.1, 0.15) is 25.4 Å². The first-order chi connectivity index (χ1) is 49.2. The molecule has 0 radical (unpaired) electrons. The van der Waals surface area contributed by atoms with E-state index in [1.54, 1.807) is 0 Å². The average Bonchev–Trinajstić information content (AvgIpc) is 1.14. The first kappa shape index (κ1) is 96.7. The maximum absolute atomic E-state index is 13.0. The Morgan fingerprint density at radius 2 is 0.525 bits per heavy atom. The molecule has 18 heteroatoms. The van der Waals surface area contributed by atoms with Gasteiger partial charge in [0.05, 0.1) is 26.4 Å².